The molecule has 0 radical (unpaired) electrons. The zero-order valence-corrected chi connectivity index (χ0v) is 20.3. The van der Waals surface area contributed by atoms with Crippen LogP contribution in [0, 0.1) is 5.41 Å². The number of amides is 1. The van der Waals surface area contributed by atoms with Crippen LogP contribution in [0.15, 0.2) is 24.3 Å². The van der Waals surface area contributed by atoms with Crippen LogP contribution in [0.5, 0.6) is 0 Å². The number of aliphatic carboxylic acids is 1. The highest BCUT2D eigenvalue weighted by molar-refractivity contribution is 7.90. The van der Waals surface area contributed by atoms with E-state index in [0.29, 0.717) is 24.3 Å². The molecule has 2 N–H and O–H groups in total. The molecule has 1 amide bonds. The number of carboxylic acids is 1. The first-order valence-electron chi connectivity index (χ1n) is 10.6. The molecule has 1 aliphatic heterocycles. The monoisotopic (exact) mass is 472 g/mol. The first-order valence-corrected chi connectivity index (χ1v) is 12.6. The summed E-state index contributed by atoms with van der Waals surface area (Å²) < 4.78 is 27.7. The first kappa shape index (κ1) is 25.6. The Kier molecular flexibility index (Phi) is 8.16. The molecular formula is C22H33ClN2O5S. The van der Waals surface area contributed by atoms with Crippen molar-refractivity contribution in [3.05, 3.63) is 34.9 Å². The molecule has 1 fully saturated rings. The van der Waals surface area contributed by atoms with Gasteiger partial charge in [-0.1, -0.05) is 37.6 Å². The lowest BCUT2D eigenvalue weighted by atomic mass is 9.74. The van der Waals surface area contributed by atoms with E-state index in [-0.39, 0.29) is 18.4 Å². The highest BCUT2D eigenvalue weighted by Crippen LogP contribution is 2.44. The molecule has 31 heavy (non-hydrogen) atoms. The van der Waals surface area contributed by atoms with E-state index in [0.717, 1.165) is 5.56 Å². The van der Waals surface area contributed by atoms with Crippen LogP contribution in [0.2, 0.25) is 5.02 Å². The Balaban J connectivity index is 2.49. The number of benzene rings is 1. The van der Waals surface area contributed by atoms with Crippen LogP contribution in [0.1, 0.15) is 71.9 Å². The highest BCUT2D eigenvalue weighted by Gasteiger charge is 2.48. The van der Waals surface area contributed by atoms with Crippen LogP contribution in [0.3, 0.4) is 0 Å². The van der Waals surface area contributed by atoms with E-state index in [1.807, 2.05) is 19.1 Å². The van der Waals surface area contributed by atoms with Crippen molar-refractivity contribution in [2.75, 3.05) is 0 Å². The van der Waals surface area contributed by atoms with Gasteiger partial charge in [-0.15, -0.1) is 0 Å². The Bertz CT molecular complexity index is 903. The van der Waals surface area contributed by atoms with Crippen molar-refractivity contribution in [1.82, 2.24) is 9.62 Å². The minimum atomic E-state index is -3.54. The summed E-state index contributed by atoms with van der Waals surface area (Å²) in [6, 6.07) is 5.99. The Morgan fingerprint density at radius 3 is 2.35 bits per heavy atom. The van der Waals surface area contributed by atoms with Crippen molar-refractivity contribution in [3.63, 3.8) is 0 Å². The van der Waals surface area contributed by atoms with Gasteiger partial charge in [-0.3, -0.25) is 9.59 Å². The highest BCUT2D eigenvalue weighted by atomic mass is 35.5. The third-order valence-corrected chi connectivity index (χ3v) is 8.37. The smallest absolute Gasteiger partial charge is 0.304 e. The third kappa shape index (κ3) is 5.79. The van der Waals surface area contributed by atoms with Gasteiger partial charge in [-0.25, -0.2) is 13.1 Å². The number of carbonyl (C=O) groups excluding carboxylic acids is 1. The Morgan fingerprint density at radius 2 is 1.87 bits per heavy atom. The van der Waals surface area contributed by atoms with Crippen molar-refractivity contribution in [3.8, 4) is 0 Å². The molecule has 1 aromatic rings. The number of likely N-dealkylation sites (tertiary alicyclic amines) is 1. The fraction of sp³-hybridized carbons (Fsp3) is 0.636. The largest absolute Gasteiger partial charge is 0.481 e. The van der Waals surface area contributed by atoms with E-state index < -0.39 is 38.7 Å². The summed E-state index contributed by atoms with van der Waals surface area (Å²) in [7, 11) is -3.54. The minimum Gasteiger partial charge on any atom is -0.481 e. The number of hydrogen-bond donors (Lipinski definition) is 2. The van der Waals surface area contributed by atoms with E-state index >= 15 is 0 Å². The summed E-state index contributed by atoms with van der Waals surface area (Å²) in [5.41, 5.74) is -0.147. The SMILES string of the molecule is CCC(C(C)NS(=O)(=O)C(C)C)N1C(=O)[C@@](C)(CC(=O)O)CC[C@H]1c1ccc(Cl)cc1. The molecule has 0 aliphatic carbocycles. The topological polar surface area (TPSA) is 104 Å². The maximum absolute atomic E-state index is 13.7. The molecular weight excluding hydrogens is 440 g/mol. The van der Waals surface area contributed by atoms with Gasteiger partial charge in [0.05, 0.1) is 23.1 Å². The second kappa shape index (κ2) is 9.88. The number of nitrogens with zero attached hydrogens (tertiary/aromatic N) is 1. The number of hydrogen-bond acceptors (Lipinski definition) is 4. The maximum atomic E-state index is 13.7. The molecule has 0 spiro atoms. The van der Waals surface area contributed by atoms with Gasteiger partial charge in [0.25, 0.3) is 0 Å². The first-order chi connectivity index (χ1) is 14.3. The van der Waals surface area contributed by atoms with Crippen LogP contribution in [0.4, 0.5) is 0 Å². The van der Waals surface area contributed by atoms with Crippen LogP contribution in [-0.4, -0.2) is 47.6 Å². The molecule has 2 rings (SSSR count). The number of nitrogens with one attached hydrogen (secondary N) is 1. The lowest BCUT2D eigenvalue weighted by molar-refractivity contribution is -0.159. The van der Waals surface area contributed by atoms with Gasteiger partial charge in [-0.05, 0) is 57.7 Å². The molecule has 0 saturated carbocycles. The molecule has 1 aromatic carbocycles. The molecule has 2 unspecified atom stereocenters. The van der Waals surface area contributed by atoms with Gasteiger partial charge in [0.15, 0.2) is 0 Å². The zero-order chi connectivity index (χ0) is 23.6. The molecule has 0 aromatic heterocycles. The molecule has 174 valence electrons. The molecule has 4 atom stereocenters. The van der Waals surface area contributed by atoms with Crippen molar-refractivity contribution < 1.29 is 23.1 Å². The number of halogens is 1. The van der Waals surface area contributed by atoms with Crippen LogP contribution in [-0.2, 0) is 19.6 Å². The predicted octanol–water partition coefficient (Wildman–Crippen LogP) is 3.98. The standard InChI is InChI=1S/C22H33ClN2O5S/c1-6-18(15(4)24-31(29,30)14(2)3)25-19(16-7-9-17(23)10-8-16)11-12-22(5,21(25)28)13-20(26)27/h7-10,14-15,18-19,24H,6,11-13H2,1-5H3,(H,26,27)/t15?,18?,19-,22+/m0/s1. The van der Waals surface area contributed by atoms with E-state index in [4.69, 9.17) is 11.6 Å². The van der Waals surface area contributed by atoms with Gasteiger partial charge in [0, 0.05) is 17.1 Å². The predicted molar refractivity (Wildman–Crippen MR) is 121 cm³/mol. The number of carboxylic acid groups (broad SMARTS) is 1. The quantitative estimate of drug-likeness (QED) is 0.565. The normalized spacial score (nSPS) is 24.3. The fourth-order valence-electron chi connectivity index (χ4n) is 4.31. The van der Waals surface area contributed by atoms with E-state index in [1.54, 1.807) is 44.7 Å². The second-order valence-electron chi connectivity index (χ2n) is 8.93. The van der Waals surface area contributed by atoms with Crippen LogP contribution in [0.25, 0.3) is 0 Å². The number of sulfonamides is 1. The van der Waals surface area contributed by atoms with Gasteiger partial charge >= 0.3 is 5.97 Å². The lowest BCUT2D eigenvalue weighted by Gasteiger charge is -2.49. The summed E-state index contributed by atoms with van der Waals surface area (Å²) in [6.07, 6.45) is 1.26. The van der Waals surface area contributed by atoms with Gasteiger partial charge in [-0.2, -0.15) is 0 Å². The second-order valence-corrected chi connectivity index (χ2v) is 11.6. The van der Waals surface area contributed by atoms with Gasteiger partial charge < -0.3 is 10.0 Å². The van der Waals surface area contributed by atoms with Gasteiger partial charge in [0.2, 0.25) is 15.9 Å². The lowest BCUT2D eigenvalue weighted by Crippen LogP contribution is -2.59. The van der Waals surface area contributed by atoms with Crippen molar-refractivity contribution >= 4 is 33.5 Å². The van der Waals surface area contributed by atoms with Gasteiger partial charge in [0.1, 0.15) is 0 Å². The average Bonchev–Trinajstić information content (AvgIpc) is 2.66. The van der Waals surface area contributed by atoms with Crippen molar-refractivity contribution in [2.45, 2.75) is 83.7 Å². The summed E-state index contributed by atoms with van der Waals surface area (Å²) in [4.78, 5) is 26.9. The molecule has 1 heterocycles. The number of piperidine rings is 1. The van der Waals surface area contributed by atoms with E-state index in [9.17, 15) is 23.1 Å². The maximum Gasteiger partial charge on any atom is 0.304 e. The average molecular weight is 473 g/mol. The van der Waals surface area contributed by atoms with E-state index in [1.165, 1.54) is 0 Å². The molecule has 9 heteroatoms. The molecule has 1 saturated heterocycles. The minimum absolute atomic E-state index is 0.261. The zero-order valence-electron chi connectivity index (χ0n) is 18.8. The summed E-state index contributed by atoms with van der Waals surface area (Å²) >= 11 is 6.04. The number of carbonyl (C=O) groups is 2. The fourth-order valence-corrected chi connectivity index (χ4v) is 5.38. The Morgan fingerprint density at radius 1 is 1.29 bits per heavy atom. The van der Waals surface area contributed by atoms with Crippen molar-refractivity contribution in [1.29, 1.82) is 0 Å². The Hall–Kier alpha value is -1.64. The molecule has 0 bridgehead atoms. The number of rotatable bonds is 9. The molecule has 7 nitrogen and oxygen atoms in total. The molecule has 1 aliphatic rings. The van der Waals surface area contributed by atoms with Crippen LogP contribution >= 0.6 is 11.6 Å². The summed E-state index contributed by atoms with van der Waals surface area (Å²) in [6.45, 7) is 8.54. The summed E-state index contributed by atoms with van der Waals surface area (Å²) in [5.74, 6) is -1.29. The Labute approximate surface area is 190 Å². The van der Waals surface area contributed by atoms with E-state index in [2.05, 4.69) is 4.72 Å². The third-order valence-electron chi connectivity index (χ3n) is 6.18. The van der Waals surface area contributed by atoms with Crippen LogP contribution < -0.4 is 4.72 Å². The van der Waals surface area contributed by atoms with Crippen molar-refractivity contribution in [2.24, 2.45) is 5.41 Å². The summed E-state index contributed by atoms with van der Waals surface area (Å²) in [5, 5.41) is 9.37.